The summed E-state index contributed by atoms with van der Waals surface area (Å²) in [4.78, 5) is 13.1. The van der Waals surface area contributed by atoms with Crippen LogP contribution in [-0.2, 0) is 14.8 Å². The summed E-state index contributed by atoms with van der Waals surface area (Å²) in [6.45, 7) is 3.44. The summed E-state index contributed by atoms with van der Waals surface area (Å²) < 4.78 is 28.2. The molecule has 2 fully saturated rings. The average molecular weight is 447 g/mol. The Kier molecular flexibility index (Phi) is 5.82. The minimum absolute atomic E-state index is 0.153. The van der Waals surface area contributed by atoms with E-state index in [4.69, 9.17) is 11.6 Å². The third-order valence-electron chi connectivity index (χ3n) is 6.42. The van der Waals surface area contributed by atoms with Crippen molar-refractivity contribution in [2.24, 2.45) is 11.8 Å². The number of benzene rings is 2. The minimum Gasteiger partial charge on any atom is -0.352 e. The van der Waals surface area contributed by atoms with Crippen molar-refractivity contribution in [2.45, 2.75) is 50.5 Å². The first-order valence-corrected chi connectivity index (χ1v) is 12.2. The second-order valence-corrected chi connectivity index (χ2v) is 10.9. The van der Waals surface area contributed by atoms with E-state index >= 15 is 0 Å². The molecular weight excluding hydrogens is 420 g/mol. The Morgan fingerprint density at radius 3 is 2.47 bits per heavy atom. The Balaban J connectivity index is 1.64. The number of aryl methyl sites for hydroxylation is 2. The molecule has 0 unspecified atom stereocenters. The number of halogens is 1. The number of nitrogens with one attached hydrogen (secondary N) is 1. The van der Waals surface area contributed by atoms with Crippen molar-refractivity contribution < 1.29 is 13.2 Å². The van der Waals surface area contributed by atoms with Crippen molar-refractivity contribution in [1.82, 2.24) is 5.32 Å². The van der Waals surface area contributed by atoms with E-state index < -0.39 is 10.0 Å². The van der Waals surface area contributed by atoms with Gasteiger partial charge in [-0.2, -0.15) is 0 Å². The number of carbonyl (C=O) groups excluding carboxylic acids is 1. The van der Waals surface area contributed by atoms with Crippen LogP contribution in [0.2, 0.25) is 5.02 Å². The van der Waals surface area contributed by atoms with Gasteiger partial charge < -0.3 is 5.32 Å². The molecule has 2 aromatic carbocycles. The van der Waals surface area contributed by atoms with Crippen LogP contribution in [0, 0.1) is 25.7 Å². The van der Waals surface area contributed by atoms with E-state index in [2.05, 4.69) is 5.32 Å². The number of hydrogen-bond acceptors (Lipinski definition) is 3. The smallest absolute Gasteiger partial charge is 0.264 e. The molecule has 30 heavy (non-hydrogen) atoms. The topological polar surface area (TPSA) is 66.5 Å². The molecule has 2 aliphatic rings. The minimum atomic E-state index is -3.94. The van der Waals surface area contributed by atoms with Gasteiger partial charge in [0.2, 0.25) is 5.91 Å². The first kappa shape index (κ1) is 21.2. The molecule has 0 aromatic heterocycles. The van der Waals surface area contributed by atoms with E-state index in [0.29, 0.717) is 22.5 Å². The summed E-state index contributed by atoms with van der Waals surface area (Å²) in [6.07, 6.45) is 4.56. The molecule has 3 atom stereocenters. The standard InChI is InChI=1S/C23H27ClN2O3S/c1-15-3-9-20(10-4-15)30(28,29)26(22-13-19(24)8-5-16(22)2)14-23(27)25-21-12-17-6-7-18(21)11-17/h3-5,8-10,13,17-18,21H,6-7,11-12,14H2,1-2H3,(H,25,27)/t17-,18-,21+/m0/s1. The maximum atomic E-state index is 13.5. The van der Waals surface area contributed by atoms with Crippen LogP contribution in [-0.4, -0.2) is 26.9 Å². The summed E-state index contributed by atoms with van der Waals surface area (Å²) in [6, 6.07) is 11.9. The first-order chi connectivity index (χ1) is 14.2. The van der Waals surface area contributed by atoms with Crippen LogP contribution in [0.25, 0.3) is 0 Å². The number of carbonyl (C=O) groups is 1. The van der Waals surface area contributed by atoms with Gasteiger partial charge in [-0.3, -0.25) is 9.10 Å². The highest BCUT2D eigenvalue weighted by atomic mass is 35.5. The van der Waals surface area contributed by atoms with Crippen LogP contribution in [0.4, 0.5) is 5.69 Å². The van der Waals surface area contributed by atoms with Gasteiger partial charge in [-0.15, -0.1) is 0 Å². The average Bonchev–Trinajstić information content (AvgIpc) is 3.31. The molecule has 160 valence electrons. The van der Waals surface area contributed by atoms with Crippen molar-refractivity contribution in [1.29, 1.82) is 0 Å². The summed E-state index contributed by atoms with van der Waals surface area (Å²) in [5.41, 5.74) is 2.13. The van der Waals surface area contributed by atoms with Gasteiger partial charge in [0.25, 0.3) is 10.0 Å². The highest BCUT2D eigenvalue weighted by molar-refractivity contribution is 7.92. The Bertz CT molecular complexity index is 1050. The summed E-state index contributed by atoms with van der Waals surface area (Å²) >= 11 is 6.17. The fourth-order valence-corrected chi connectivity index (χ4v) is 6.44. The largest absolute Gasteiger partial charge is 0.352 e. The Hall–Kier alpha value is -2.05. The van der Waals surface area contributed by atoms with Crippen LogP contribution < -0.4 is 9.62 Å². The molecule has 4 rings (SSSR count). The maximum Gasteiger partial charge on any atom is 0.264 e. The highest BCUT2D eigenvalue weighted by Crippen LogP contribution is 2.44. The molecule has 0 aliphatic heterocycles. The van der Waals surface area contributed by atoms with Gasteiger partial charge >= 0.3 is 0 Å². The van der Waals surface area contributed by atoms with Gasteiger partial charge in [-0.25, -0.2) is 8.42 Å². The lowest BCUT2D eigenvalue weighted by Gasteiger charge is -2.28. The van der Waals surface area contributed by atoms with Crippen molar-refractivity contribution in [3.8, 4) is 0 Å². The summed E-state index contributed by atoms with van der Waals surface area (Å²) in [5.74, 6) is 0.944. The number of fused-ring (bicyclic) bond motifs is 2. The number of hydrogen-bond donors (Lipinski definition) is 1. The SMILES string of the molecule is Cc1ccc(S(=O)(=O)N(CC(=O)N[C@@H]2C[C@H]3CC[C@H]2C3)c2cc(Cl)ccc2C)cc1. The fourth-order valence-electron chi connectivity index (χ4n) is 4.79. The molecule has 7 heteroatoms. The van der Waals surface area contributed by atoms with Crippen molar-refractivity contribution in [3.05, 3.63) is 58.6 Å². The van der Waals surface area contributed by atoms with Crippen LogP contribution in [0.1, 0.15) is 36.8 Å². The number of sulfonamides is 1. The second kappa shape index (κ2) is 8.23. The Labute approximate surface area is 183 Å². The van der Waals surface area contributed by atoms with E-state index in [0.717, 1.165) is 24.0 Å². The third-order valence-corrected chi connectivity index (χ3v) is 8.43. The number of amides is 1. The Morgan fingerprint density at radius 2 is 1.83 bits per heavy atom. The van der Waals surface area contributed by atoms with Gasteiger partial charge in [0, 0.05) is 11.1 Å². The third kappa shape index (κ3) is 4.21. The summed E-state index contributed by atoms with van der Waals surface area (Å²) in [7, 11) is -3.94. The lowest BCUT2D eigenvalue weighted by molar-refractivity contribution is -0.120. The molecule has 2 aliphatic carbocycles. The molecule has 0 spiro atoms. The van der Waals surface area contributed by atoms with E-state index in [1.807, 2.05) is 13.8 Å². The lowest BCUT2D eigenvalue weighted by atomic mass is 9.95. The van der Waals surface area contributed by atoms with E-state index in [9.17, 15) is 13.2 Å². The number of rotatable bonds is 6. The van der Waals surface area contributed by atoms with Gasteiger partial charge in [0.05, 0.1) is 10.6 Å². The predicted octanol–water partition coefficient (Wildman–Crippen LogP) is 4.46. The van der Waals surface area contributed by atoms with Crippen molar-refractivity contribution in [2.75, 3.05) is 10.8 Å². The molecule has 2 bridgehead atoms. The van der Waals surface area contributed by atoms with Gasteiger partial charge in [-0.05, 0) is 74.8 Å². The zero-order chi connectivity index (χ0) is 21.5. The quantitative estimate of drug-likeness (QED) is 0.712. The van der Waals surface area contributed by atoms with Crippen LogP contribution in [0.5, 0.6) is 0 Å². The monoisotopic (exact) mass is 446 g/mol. The van der Waals surface area contributed by atoms with Crippen LogP contribution >= 0.6 is 11.6 Å². The molecule has 0 heterocycles. The zero-order valence-electron chi connectivity index (χ0n) is 17.3. The van der Waals surface area contributed by atoms with E-state index in [1.165, 1.54) is 17.1 Å². The normalized spacial score (nSPS) is 22.8. The van der Waals surface area contributed by atoms with Crippen molar-refractivity contribution in [3.63, 3.8) is 0 Å². The fraction of sp³-hybridized carbons (Fsp3) is 0.435. The molecule has 5 nitrogen and oxygen atoms in total. The van der Waals surface area contributed by atoms with Gasteiger partial charge in [-0.1, -0.05) is 41.8 Å². The van der Waals surface area contributed by atoms with Gasteiger partial charge in [0.1, 0.15) is 6.54 Å². The predicted molar refractivity (Wildman–Crippen MR) is 119 cm³/mol. The molecule has 2 saturated carbocycles. The molecule has 1 N–H and O–H groups in total. The van der Waals surface area contributed by atoms with E-state index in [-0.39, 0.29) is 23.4 Å². The van der Waals surface area contributed by atoms with Crippen LogP contribution in [0.3, 0.4) is 0 Å². The number of nitrogens with zero attached hydrogens (tertiary/aromatic N) is 1. The molecular formula is C23H27ClN2O3S. The molecule has 2 aromatic rings. The van der Waals surface area contributed by atoms with Gasteiger partial charge in [0.15, 0.2) is 0 Å². The summed E-state index contributed by atoms with van der Waals surface area (Å²) in [5, 5.41) is 3.52. The number of anilines is 1. The van der Waals surface area contributed by atoms with Crippen molar-refractivity contribution >= 4 is 33.2 Å². The molecule has 0 radical (unpaired) electrons. The lowest BCUT2D eigenvalue weighted by Crippen LogP contribution is -2.46. The highest BCUT2D eigenvalue weighted by Gasteiger charge is 2.40. The maximum absolute atomic E-state index is 13.5. The zero-order valence-corrected chi connectivity index (χ0v) is 18.8. The molecule has 0 saturated heterocycles. The first-order valence-electron chi connectivity index (χ1n) is 10.4. The second-order valence-electron chi connectivity index (χ2n) is 8.60. The van der Waals surface area contributed by atoms with E-state index in [1.54, 1.807) is 42.5 Å². The Morgan fingerprint density at radius 1 is 1.10 bits per heavy atom. The van der Waals surface area contributed by atoms with Crippen LogP contribution in [0.15, 0.2) is 47.4 Å². The molecule has 1 amide bonds.